The molecular weight excluding hydrogens is 380 g/mol. The van der Waals surface area contributed by atoms with E-state index in [1.54, 1.807) is 11.3 Å². The summed E-state index contributed by atoms with van der Waals surface area (Å²) in [6, 6.07) is 13.3. The predicted octanol–water partition coefficient (Wildman–Crippen LogP) is 7.61. The zero-order chi connectivity index (χ0) is 20.7. The molecule has 4 heteroatoms. The van der Waals surface area contributed by atoms with Crippen molar-refractivity contribution in [2.75, 3.05) is 6.61 Å². The van der Waals surface area contributed by atoms with Crippen molar-refractivity contribution in [2.45, 2.75) is 66.0 Å². The normalized spacial score (nSPS) is 19.2. The lowest BCUT2D eigenvalue weighted by Crippen LogP contribution is -2.30. The monoisotopic (exact) mass is 410 g/mol. The van der Waals surface area contributed by atoms with Gasteiger partial charge in [0, 0.05) is 15.8 Å². The summed E-state index contributed by atoms with van der Waals surface area (Å²) in [4.78, 5) is 1.12. The van der Waals surface area contributed by atoms with E-state index in [4.69, 9.17) is 14.2 Å². The Morgan fingerprint density at radius 3 is 2.38 bits per heavy atom. The Hall–Kier alpha value is -1.88. The number of rotatable bonds is 6. The van der Waals surface area contributed by atoms with E-state index in [2.05, 4.69) is 71.0 Å². The van der Waals surface area contributed by atoms with Crippen LogP contribution < -0.4 is 4.74 Å². The standard InChI is InChI=1S/C25H30O3S/c1-7-26-23-20(15(4)5)11-18(14(2)3)12-21(23)19-10-8-9-17-13-22(29-24(17)19)25-27-16(6)28-25/h8-16,25H,7H2,1-6H3. The summed E-state index contributed by atoms with van der Waals surface area (Å²) in [5, 5.41) is 1.22. The van der Waals surface area contributed by atoms with Crippen LogP contribution in [0.25, 0.3) is 21.2 Å². The van der Waals surface area contributed by atoms with Gasteiger partial charge >= 0.3 is 0 Å². The van der Waals surface area contributed by atoms with Gasteiger partial charge in [0.1, 0.15) is 5.75 Å². The molecule has 1 aromatic heterocycles. The quantitative estimate of drug-likeness (QED) is 0.418. The second-order valence-corrected chi connectivity index (χ2v) is 9.36. The molecule has 2 heterocycles. The number of hydrogen-bond donors (Lipinski definition) is 0. The van der Waals surface area contributed by atoms with Crippen molar-refractivity contribution in [1.82, 2.24) is 0 Å². The van der Waals surface area contributed by atoms with Crippen molar-refractivity contribution in [2.24, 2.45) is 0 Å². The van der Waals surface area contributed by atoms with Gasteiger partial charge in [-0.1, -0.05) is 52.0 Å². The molecule has 1 saturated heterocycles. The summed E-state index contributed by atoms with van der Waals surface area (Å²) in [6.07, 6.45) is -0.361. The Kier molecular flexibility index (Phi) is 5.69. The summed E-state index contributed by atoms with van der Waals surface area (Å²) >= 11 is 1.75. The van der Waals surface area contributed by atoms with Gasteiger partial charge in [-0.25, -0.2) is 0 Å². The van der Waals surface area contributed by atoms with Crippen LogP contribution in [0.2, 0.25) is 0 Å². The number of fused-ring (bicyclic) bond motifs is 1. The first kappa shape index (κ1) is 20.4. The molecule has 1 fully saturated rings. The van der Waals surface area contributed by atoms with E-state index in [1.807, 2.05) is 6.92 Å². The fraction of sp³-hybridized carbons (Fsp3) is 0.440. The van der Waals surface area contributed by atoms with Gasteiger partial charge < -0.3 is 14.2 Å². The van der Waals surface area contributed by atoms with Crippen LogP contribution in [0, 0.1) is 0 Å². The van der Waals surface area contributed by atoms with E-state index in [9.17, 15) is 0 Å². The highest BCUT2D eigenvalue weighted by atomic mass is 32.1. The minimum Gasteiger partial charge on any atom is -0.493 e. The molecule has 0 aliphatic carbocycles. The Balaban J connectivity index is 1.92. The summed E-state index contributed by atoms with van der Waals surface area (Å²) in [5.41, 5.74) is 5.03. The molecule has 29 heavy (non-hydrogen) atoms. The number of hydrogen-bond acceptors (Lipinski definition) is 4. The van der Waals surface area contributed by atoms with Gasteiger partial charge in [0.2, 0.25) is 0 Å². The van der Waals surface area contributed by atoms with Gasteiger partial charge in [0.25, 0.3) is 0 Å². The maximum absolute atomic E-state index is 6.22. The van der Waals surface area contributed by atoms with Crippen LogP contribution in [-0.2, 0) is 9.47 Å². The first-order valence-corrected chi connectivity index (χ1v) is 11.3. The van der Waals surface area contributed by atoms with Crippen molar-refractivity contribution in [3.05, 3.63) is 52.4 Å². The van der Waals surface area contributed by atoms with Gasteiger partial charge in [-0.2, -0.15) is 0 Å². The lowest BCUT2D eigenvalue weighted by molar-refractivity contribution is -0.381. The smallest absolute Gasteiger partial charge is 0.198 e. The molecule has 0 saturated carbocycles. The third-order valence-corrected chi connectivity index (χ3v) is 6.64. The van der Waals surface area contributed by atoms with Gasteiger partial charge in [-0.3, -0.25) is 0 Å². The fourth-order valence-corrected chi connectivity index (χ4v) is 5.01. The summed E-state index contributed by atoms with van der Waals surface area (Å²) < 4.78 is 18.9. The van der Waals surface area contributed by atoms with Crippen LogP contribution in [-0.4, -0.2) is 12.9 Å². The van der Waals surface area contributed by atoms with Gasteiger partial charge in [0.05, 0.1) is 11.5 Å². The highest BCUT2D eigenvalue weighted by Gasteiger charge is 2.30. The third-order valence-electron chi connectivity index (χ3n) is 5.43. The van der Waals surface area contributed by atoms with Crippen LogP contribution in [0.3, 0.4) is 0 Å². The lowest BCUT2D eigenvalue weighted by Gasteiger charge is -2.32. The Labute approximate surface area is 177 Å². The maximum Gasteiger partial charge on any atom is 0.198 e. The molecule has 0 bridgehead atoms. The number of thiophene rings is 1. The summed E-state index contributed by atoms with van der Waals surface area (Å²) in [6.45, 7) is 13.6. The van der Waals surface area contributed by atoms with Gasteiger partial charge in [-0.05, 0) is 54.3 Å². The maximum atomic E-state index is 6.22. The minimum atomic E-state index is -0.241. The topological polar surface area (TPSA) is 27.7 Å². The zero-order valence-electron chi connectivity index (χ0n) is 18.1. The molecule has 1 aliphatic rings. The molecule has 0 spiro atoms. The molecule has 0 N–H and O–H groups in total. The average molecular weight is 411 g/mol. The molecule has 0 radical (unpaired) electrons. The van der Waals surface area contributed by atoms with Crippen LogP contribution >= 0.6 is 11.3 Å². The van der Waals surface area contributed by atoms with Gasteiger partial charge in [-0.15, -0.1) is 11.3 Å². The molecule has 2 aromatic carbocycles. The molecule has 0 unspecified atom stereocenters. The molecule has 1 aliphatic heterocycles. The highest BCUT2D eigenvalue weighted by Crippen LogP contribution is 2.46. The number of ether oxygens (including phenoxy) is 3. The number of benzene rings is 2. The van der Waals surface area contributed by atoms with E-state index in [1.165, 1.54) is 32.3 Å². The largest absolute Gasteiger partial charge is 0.493 e. The van der Waals surface area contributed by atoms with Crippen LogP contribution in [0.5, 0.6) is 5.75 Å². The second kappa shape index (κ2) is 8.10. The fourth-order valence-electron chi connectivity index (χ4n) is 3.85. The highest BCUT2D eigenvalue weighted by molar-refractivity contribution is 7.19. The lowest BCUT2D eigenvalue weighted by atomic mass is 9.89. The molecule has 0 amide bonds. The van der Waals surface area contributed by atoms with Crippen LogP contribution in [0.4, 0.5) is 0 Å². The van der Waals surface area contributed by atoms with E-state index >= 15 is 0 Å². The zero-order valence-corrected chi connectivity index (χ0v) is 18.9. The molecular formula is C25H30O3S. The molecule has 4 rings (SSSR count). The van der Waals surface area contributed by atoms with Crippen LogP contribution in [0.1, 0.15) is 75.7 Å². The predicted molar refractivity (Wildman–Crippen MR) is 121 cm³/mol. The van der Waals surface area contributed by atoms with E-state index in [-0.39, 0.29) is 12.6 Å². The second-order valence-electron chi connectivity index (χ2n) is 8.27. The SMILES string of the molecule is CCOc1c(-c2cccc3cc(C4OC(C)O4)sc23)cc(C(C)C)cc1C(C)C. The van der Waals surface area contributed by atoms with Crippen LogP contribution in [0.15, 0.2) is 36.4 Å². The van der Waals surface area contributed by atoms with E-state index in [0.717, 1.165) is 10.6 Å². The molecule has 154 valence electrons. The minimum absolute atomic E-state index is 0.120. The van der Waals surface area contributed by atoms with E-state index in [0.29, 0.717) is 18.4 Å². The summed E-state index contributed by atoms with van der Waals surface area (Å²) in [7, 11) is 0. The van der Waals surface area contributed by atoms with E-state index < -0.39 is 0 Å². The first-order chi connectivity index (χ1) is 13.9. The van der Waals surface area contributed by atoms with Crippen molar-refractivity contribution < 1.29 is 14.2 Å². The van der Waals surface area contributed by atoms with Crippen molar-refractivity contribution in [1.29, 1.82) is 0 Å². The molecule has 3 nitrogen and oxygen atoms in total. The van der Waals surface area contributed by atoms with Crippen molar-refractivity contribution in [3.63, 3.8) is 0 Å². The van der Waals surface area contributed by atoms with Crippen molar-refractivity contribution in [3.8, 4) is 16.9 Å². The Bertz CT molecular complexity index is 1010. The first-order valence-electron chi connectivity index (χ1n) is 10.5. The Morgan fingerprint density at radius 1 is 1.00 bits per heavy atom. The Morgan fingerprint density at radius 2 is 1.76 bits per heavy atom. The average Bonchev–Trinajstić information content (AvgIpc) is 3.09. The third kappa shape index (κ3) is 3.81. The molecule has 3 aromatic rings. The van der Waals surface area contributed by atoms with Crippen molar-refractivity contribution >= 4 is 21.4 Å². The molecule has 0 atom stereocenters. The summed E-state index contributed by atoms with van der Waals surface area (Å²) in [5.74, 6) is 1.86. The van der Waals surface area contributed by atoms with Gasteiger partial charge in [0.15, 0.2) is 12.6 Å².